The van der Waals surface area contributed by atoms with Gasteiger partial charge in [-0.15, -0.1) is 0 Å². The molecule has 9 N–H and O–H groups in total. The fraction of sp³-hybridized carbons (Fsp3) is 0.955. The molecule has 1 amide bonds. The highest BCUT2D eigenvalue weighted by Gasteiger charge is 2.51. The van der Waals surface area contributed by atoms with E-state index in [9.17, 15) is 45.6 Å². The zero-order chi connectivity index (χ0) is 58.1. The number of nitrogens with one attached hydrogen (secondary N) is 1. The van der Waals surface area contributed by atoms with Gasteiger partial charge in [0.05, 0.1) is 32.0 Å². The second-order valence-corrected chi connectivity index (χ2v) is 24.3. The van der Waals surface area contributed by atoms with E-state index in [1.54, 1.807) is 6.08 Å². The minimum absolute atomic E-state index is 0.232. The molecule has 2 fully saturated rings. The Bertz CT molecular complexity index is 1390. The van der Waals surface area contributed by atoms with Gasteiger partial charge in [-0.05, 0) is 19.3 Å². The SMILES string of the molecule is CCCCCCCCCCCCCCCCC/C=C/C(O)C(COC1OC(CO)C(OC2OC(CO)C(O)C(O)C2O)C(O)C1O)NC(=O)CCCCCCCCCCCCCCCCCCCCCCCCCCCCCCC. The van der Waals surface area contributed by atoms with Crippen molar-refractivity contribution in [2.24, 2.45) is 0 Å². The van der Waals surface area contributed by atoms with Crippen LogP contribution in [-0.2, 0) is 23.7 Å². The summed E-state index contributed by atoms with van der Waals surface area (Å²) < 4.78 is 22.8. The first-order valence-corrected chi connectivity index (χ1v) is 33.9. The van der Waals surface area contributed by atoms with Crippen molar-refractivity contribution >= 4 is 5.91 Å². The molecule has 0 aromatic carbocycles. The van der Waals surface area contributed by atoms with Crippen LogP contribution in [0.5, 0.6) is 0 Å². The first kappa shape index (κ1) is 74.8. The van der Waals surface area contributed by atoms with E-state index in [1.165, 1.54) is 244 Å². The summed E-state index contributed by atoms with van der Waals surface area (Å²) in [6, 6.07) is -0.910. The van der Waals surface area contributed by atoms with Gasteiger partial charge in [0.15, 0.2) is 12.6 Å². The molecular weight excluding hydrogens is 1010 g/mol. The highest BCUT2D eigenvalue weighted by atomic mass is 16.7. The number of ether oxygens (including phenoxy) is 4. The third-order valence-electron chi connectivity index (χ3n) is 17.0. The first-order chi connectivity index (χ1) is 39.1. The van der Waals surface area contributed by atoms with Gasteiger partial charge in [0.2, 0.25) is 5.91 Å². The Morgan fingerprint density at radius 3 is 1.15 bits per heavy atom. The van der Waals surface area contributed by atoms with Crippen molar-refractivity contribution in [2.75, 3.05) is 19.8 Å². The number of rotatable bonds is 56. The molecule has 474 valence electrons. The molecule has 0 aromatic rings. The maximum Gasteiger partial charge on any atom is 0.220 e. The molecule has 0 spiro atoms. The largest absolute Gasteiger partial charge is 0.394 e. The summed E-state index contributed by atoms with van der Waals surface area (Å²) in [6.45, 7) is 2.85. The molecule has 80 heavy (non-hydrogen) atoms. The molecule has 12 unspecified atom stereocenters. The van der Waals surface area contributed by atoms with Crippen LogP contribution in [0.25, 0.3) is 0 Å². The highest BCUT2D eigenvalue weighted by molar-refractivity contribution is 5.76. The van der Waals surface area contributed by atoms with Crippen LogP contribution in [0.3, 0.4) is 0 Å². The zero-order valence-corrected chi connectivity index (χ0v) is 51.4. The number of aliphatic hydroxyl groups is 8. The molecule has 2 heterocycles. The van der Waals surface area contributed by atoms with Crippen molar-refractivity contribution in [3.63, 3.8) is 0 Å². The second-order valence-electron chi connectivity index (χ2n) is 24.3. The molecule has 0 radical (unpaired) electrons. The molecule has 14 nitrogen and oxygen atoms in total. The fourth-order valence-corrected chi connectivity index (χ4v) is 11.5. The Morgan fingerprint density at radius 1 is 0.438 bits per heavy atom. The Hall–Kier alpha value is -1.27. The normalized spacial score (nSPS) is 24.2. The van der Waals surface area contributed by atoms with Gasteiger partial charge >= 0.3 is 0 Å². The Kier molecular flexibility index (Phi) is 48.7. The van der Waals surface area contributed by atoms with Crippen molar-refractivity contribution in [3.8, 4) is 0 Å². The first-order valence-electron chi connectivity index (χ1n) is 33.9. The van der Waals surface area contributed by atoms with Crippen LogP contribution < -0.4 is 5.32 Å². The minimum atomic E-state index is -1.79. The fourth-order valence-electron chi connectivity index (χ4n) is 11.5. The van der Waals surface area contributed by atoms with Gasteiger partial charge in [0.25, 0.3) is 0 Å². The van der Waals surface area contributed by atoms with Crippen LogP contribution in [0, 0.1) is 0 Å². The van der Waals surface area contributed by atoms with Crippen LogP contribution in [0.4, 0.5) is 0 Å². The lowest BCUT2D eigenvalue weighted by atomic mass is 9.97. The van der Waals surface area contributed by atoms with E-state index < -0.39 is 86.8 Å². The molecule has 0 bridgehead atoms. The third kappa shape index (κ3) is 36.5. The van der Waals surface area contributed by atoms with Crippen molar-refractivity contribution < 1.29 is 64.6 Å². The molecule has 2 saturated heterocycles. The topological polar surface area (TPSA) is 228 Å². The van der Waals surface area contributed by atoms with Crippen molar-refractivity contribution in [3.05, 3.63) is 12.2 Å². The summed E-state index contributed by atoms with van der Waals surface area (Å²) in [5, 5.41) is 87.3. The summed E-state index contributed by atoms with van der Waals surface area (Å²) in [5.41, 5.74) is 0. The van der Waals surface area contributed by atoms with E-state index >= 15 is 0 Å². The van der Waals surface area contributed by atoms with Crippen LogP contribution in [-0.4, -0.2) is 140 Å². The average molecular weight is 1140 g/mol. The molecule has 0 aliphatic carbocycles. The van der Waals surface area contributed by atoms with Crippen molar-refractivity contribution in [1.29, 1.82) is 0 Å². The number of hydrogen-bond acceptors (Lipinski definition) is 13. The number of carbonyl (C=O) groups is 1. The highest BCUT2D eigenvalue weighted by Crippen LogP contribution is 2.30. The quantitative estimate of drug-likeness (QED) is 0.0204. The van der Waals surface area contributed by atoms with Gasteiger partial charge in [0.1, 0.15) is 48.8 Å². The molecule has 2 aliphatic rings. The van der Waals surface area contributed by atoms with Gasteiger partial charge < -0.3 is 65.1 Å². The minimum Gasteiger partial charge on any atom is -0.394 e. The number of hydrogen-bond donors (Lipinski definition) is 9. The second kappa shape index (κ2) is 52.1. The van der Waals surface area contributed by atoms with Crippen molar-refractivity contribution in [1.82, 2.24) is 5.32 Å². The standard InChI is InChI=1S/C66H127NO13/c1-3-5-7-9-11-13-15-17-19-21-22-23-24-25-26-27-28-29-30-31-32-34-36-38-40-42-44-46-48-50-58(71)67-54(55(70)49-47-45-43-41-39-37-35-33-20-18-16-14-12-10-8-6-4-2)53-77-65-63(76)61(74)64(57(52-69)79-65)80-66-62(75)60(73)59(72)56(51-68)78-66/h47,49,54-57,59-66,68-70,72-76H,3-46,48,50-53H2,1-2H3,(H,67,71)/b49-47+. The smallest absolute Gasteiger partial charge is 0.220 e. The monoisotopic (exact) mass is 1140 g/mol. The number of carbonyl (C=O) groups excluding carboxylic acids is 1. The van der Waals surface area contributed by atoms with Crippen LogP contribution >= 0.6 is 0 Å². The molecule has 2 aliphatic heterocycles. The maximum absolute atomic E-state index is 13.3. The average Bonchev–Trinajstić information content (AvgIpc) is 3.49. The Labute approximate surface area is 488 Å². The number of allylic oxidation sites excluding steroid dienone is 1. The van der Waals surface area contributed by atoms with Gasteiger partial charge in [-0.1, -0.05) is 296 Å². The van der Waals surface area contributed by atoms with Crippen LogP contribution in [0.1, 0.15) is 309 Å². The van der Waals surface area contributed by atoms with E-state index in [4.69, 9.17) is 18.9 Å². The predicted octanol–water partition coefficient (Wildman–Crippen LogP) is 13.0. The van der Waals surface area contributed by atoms with Gasteiger partial charge in [-0.25, -0.2) is 0 Å². The third-order valence-corrected chi connectivity index (χ3v) is 17.0. The van der Waals surface area contributed by atoms with E-state index in [0.717, 1.165) is 38.5 Å². The lowest BCUT2D eigenvalue weighted by Crippen LogP contribution is -2.65. The van der Waals surface area contributed by atoms with E-state index in [2.05, 4.69) is 19.2 Å². The number of unbranched alkanes of at least 4 members (excludes halogenated alkanes) is 43. The van der Waals surface area contributed by atoms with Crippen LogP contribution in [0.2, 0.25) is 0 Å². The van der Waals surface area contributed by atoms with Crippen molar-refractivity contribution in [2.45, 2.75) is 383 Å². The number of aliphatic hydroxyl groups excluding tert-OH is 8. The van der Waals surface area contributed by atoms with E-state index in [1.807, 2.05) is 6.08 Å². The summed E-state index contributed by atoms with van der Waals surface area (Å²) >= 11 is 0. The Morgan fingerprint density at radius 2 is 0.775 bits per heavy atom. The molecule has 14 heteroatoms. The molecule has 0 aromatic heterocycles. The van der Waals surface area contributed by atoms with Crippen LogP contribution in [0.15, 0.2) is 12.2 Å². The van der Waals surface area contributed by atoms with Gasteiger partial charge in [-0.2, -0.15) is 0 Å². The summed E-state index contributed by atoms with van der Waals surface area (Å²) in [6.07, 6.45) is 45.5. The molecule has 0 saturated carbocycles. The van der Waals surface area contributed by atoms with Gasteiger partial charge in [0, 0.05) is 6.42 Å². The Balaban J connectivity index is 1.66. The maximum atomic E-state index is 13.3. The predicted molar refractivity (Wildman–Crippen MR) is 323 cm³/mol. The summed E-state index contributed by atoms with van der Waals surface area (Å²) in [7, 11) is 0. The molecule has 12 atom stereocenters. The molecular formula is C66H127NO13. The van der Waals surface area contributed by atoms with E-state index in [0.29, 0.717) is 6.42 Å². The van der Waals surface area contributed by atoms with E-state index in [-0.39, 0.29) is 18.9 Å². The lowest BCUT2D eigenvalue weighted by Gasteiger charge is -2.46. The summed E-state index contributed by atoms with van der Waals surface area (Å²) in [5.74, 6) is -0.232. The number of amides is 1. The summed E-state index contributed by atoms with van der Waals surface area (Å²) in [4.78, 5) is 13.3. The molecule has 2 rings (SSSR count). The van der Waals surface area contributed by atoms with Gasteiger partial charge in [-0.3, -0.25) is 4.79 Å². The lowest BCUT2D eigenvalue weighted by molar-refractivity contribution is -0.359. The zero-order valence-electron chi connectivity index (χ0n) is 51.4.